The van der Waals surface area contributed by atoms with Gasteiger partial charge in [-0.25, -0.2) is 0 Å². The van der Waals surface area contributed by atoms with Crippen molar-refractivity contribution in [1.82, 2.24) is 4.90 Å². The lowest BCUT2D eigenvalue weighted by atomic mass is 9.87. The van der Waals surface area contributed by atoms with E-state index in [1.807, 2.05) is 0 Å². The van der Waals surface area contributed by atoms with Gasteiger partial charge >= 0.3 is 0 Å². The number of nitrogens with zero attached hydrogens (tertiary/aromatic N) is 1. The first-order chi connectivity index (χ1) is 8.95. The van der Waals surface area contributed by atoms with Crippen molar-refractivity contribution >= 4 is 0 Å². The number of hydrogen-bond donors (Lipinski definition) is 1. The van der Waals surface area contributed by atoms with E-state index in [-0.39, 0.29) is 5.41 Å². The van der Waals surface area contributed by atoms with Crippen LogP contribution < -0.4 is 10.5 Å². The average molecular weight is 262 g/mol. The lowest BCUT2D eigenvalue weighted by Gasteiger charge is -2.19. The van der Waals surface area contributed by atoms with E-state index in [1.165, 1.54) is 5.56 Å². The molecule has 0 unspecified atom stereocenters. The summed E-state index contributed by atoms with van der Waals surface area (Å²) in [5.41, 5.74) is 7.42. The Morgan fingerprint density at radius 3 is 2.47 bits per heavy atom. The molecule has 1 saturated heterocycles. The molecule has 0 bridgehead atoms. The second-order valence-electron chi connectivity index (χ2n) is 6.47. The molecule has 1 aromatic rings. The molecule has 3 nitrogen and oxygen atoms in total. The molecule has 2 rings (SSSR count). The normalized spacial score (nSPS) is 20.7. The zero-order chi connectivity index (χ0) is 13.9. The molecular formula is C16H26N2O. The molecule has 1 aliphatic rings. The molecule has 1 heterocycles. The van der Waals surface area contributed by atoms with Gasteiger partial charge in [0.2, 0.25) is 0 Å². The Balaban J connectivity index is 1.77. The Morgan fingerprint density at radius 1 is 1.26 bits per heavy atom. The molecule has 0 saturated carbocycles. The summed E-state index contributed by atoms with van der Waals surface area (Å²) < 4.78 is 5.79. The third-order valence-electron chi connectivity index (χ3n) is 3.71. The summed E-state index contributed by atoms with van der Waals surface area (Å²) in [6.07, 6.45) is 1.11. The average Bonchev–Trinajstić information content (AvgIpc) is 2.75. The highest BCUT2D eigenvalue weighted by atomic mass is 16.5. The summed E-state index contributed by atoms with van der Waals surface area (Å²) >= 11 is 0. The molecule has 0 aromatic heterocycles. The van der Waals surface area contributed by atoms with Gasteiger partial charge in [-0.2, -0.15) is 0 Å². The van der Waals surface area contributed by atoms with Gasteiger partial charge in [0.25, 0.3) is 0 Å². The van der Waals surface area contributed by atoms with Crippen molar-refractivity contribution in [2.45, 2.75) is 38.6 Å². The smallest absolute Gasteiger partial charge is 0.119 e. The van der Waals surface area contributed by atoms with E-state index in [4.69, 9.17) is 10.5 Å². The lowest BCUT2D eigenvalue weighted by molar-refractivity contribution is 0.236. The van der Waals surface area contributed by atoms with E-state index in [2.05, 4.69) is 49.9 Å². The lowest BCUT2D eigenvalue weighted by Crippen LogP contribution is -2.29. The van der Waals surface area contributed by atoms with Gasteiger partial charge in [-0.3, -0.25) is 4.90 Å². The van der Waals surface area contributed by atoms with Gasteiger partial charge in [-0.1, -0.05) is 32.9 Å². The van der Waals surface area contributed by atoms with Crippen LogP contribution in [0, 0.1) is 0 Å². The minimum Gasteiger partial charge on any atom is -0.492 e. The largest absolute Gasteiger partial charge is 0.492 e. The molecule has 1 aromatic carbocycles. The van der Waals surface area contributed by atoms with Crippen molar-refractivity contribution in [3.8, 4) is 5.75 Å². The molecular weight excluding hydrogens is 236 g/mol. The van der Waals surface area contributed by atoms with E-state index in [1.54, 1.807) is 0 Å². The van der Waals surface area contributed by atoms with Gasteiger partial charge in [-0.05, 0) is 36.1 Å². The van der Waals surface area contributed by atoms with Crippen LogP contribution in [-0.2, 0) is 5.41 Å². The highest BCUT2D eigenvalue weighted by Crippen LogP contribution is 2.24. The van der Waals surface area contributed by atoms with Crippen LogP contribution in [0.1, 0.15) is 32.8 Å². The Labute approximate surface area is 116 Å². The van der Waals surface area contributed by atoms with Gasteiger partial charge < -0.3 is 10.5 Å². The highest BCUT2D eigenvalue weighted by Gasteiger charge is 2.18. The van der Waals surface area contributed by atoms with Crippen molar-refractivity contribution < 1.29 is 4.74 Å². The molecule has 106 valence electrons. The van der Waals surface area contributed by atoms with E-state index < -0.39 is 0 Å². The van der Waals surface area contributed by atoms with Crippen molar-refractivity contribution in [2.75, 3.05) is 26.2 Å². The second kappa shape index (κ2) is 5.93. The van der Waals surface area contributed by atoms with Crippen LogP contribution in [-0.4, -0.2) is 37.2 Å². The molecule has 19 heavy (non-hydrogen) atoms. The molecule has 0 aliphatic carbocycles. The first-order valence-corrected chi connectivity index (χ1v) is 7.16. The third-order valence-corrected chi connectivity index (χ3v) is 3.71. The number of benzene rings is 1. The van der Waals surface area contributed by atoms with E-state index in [9.17, 15) is 0 Å². The molecule has 0 amide bonds. The number of hydrogen-bond acceptors (Lipinski definition) is 3. The topological polar surface area (TPSA) is 38.5 Å². The summed E-state index contributed by atoms with van der Waals surface area (Å²) in [7, 11) is 0. The Kier molecular flexibility index (Phi) is 4.48. The van der Waals surface area contributed by atoms with Gasteiger partial charge in [-0.15, -0.1) is 0 Å². The zero-order valence-corrected chi connectivity index (χ0v) is 12.4. The fraction of sp³-hybridized carbons (Fsp3) is 0.625. The first kappa shape index (κ1) is 14.4. The number of ether oxygens (including phenoxy) is 1. The quantitative estimate of drug-likeness (QED) is 0.905. The maximum Gasteiger partial charge on any atom is 0.119 e. The third kappa shape index (κ3) is 4.22. The first-order valence-electron chi connectivity index (χ1n) is 7.16. The molecule has 0 radical (unpaired) electrons. The molecule has 1 atom stereocenters. The van der Waals surface area contributed by atoms with Crippen LogP contribution in [0.25, 0.3) is 0 Å². The number of rotatable bonds is 4. The molecule has 1 aliphatic heterocycles. The van der Waals surface area contributed by atoms with Crippen molar-refractivity contribution in [3.63, 3.8) is 0 Å². The SMILES string of the molecule is CC(C)(C)c1ccc(OCCN2CC[C@H](N)C2)cc1. The minimum atomic E-state index is 0.199. The monoisotopic (exact) mass is 262 g/mol. The number of nitrogens with two attached hydrogens (primary N) is 1. The van der Waals surface area contributed by atoms with Crippen molar-refractivity contribution in [3.05, 3.63) is 29.8 Å². The van der Waals surface area contributed by atoms with E-state index in [0.29, 0.717) is 6.04 Å². The summed E-state index contributed by atoms with van der Waals surface area (Å²) in [5, 5.41) is 0. The summed E-state index contributed by atoms with van der Waals surface area (Å²) in [6.45, 7) is 10.5. The second-order valence-corrected chi connectivity index (χ2v) is 6.47. The van der Waals surface area contributed by atoms with Crippen LogP contribution in [0.2, 0.25) is 0 Å². The van der Waals surface area contributed by atoms with Crippen molar-refractivity contribution in [1.29, 1.82) is 0 Å². The molecule has 2 N–H and O–H groups in total. The predicted octanol–water partition coefficient (Wildman–Crippen LogP) is 2.40. The zero-order valence-electron chi connectivity index (χ0n) is 12.4. The maximum absolute atomic E-state index is 5.88. The van der Waals surface area contributed by atoms with Gasteiger partial charge in [0, 0.05) is 19.1 Å². The molecule has 1 fully saturated rings. The Hall–Kier alpha value is -1.06. The minimum absolute atomic E-state index is 0.199. The fourth-order valence-corrected chi connectivity index (χ4v) is 2.41. The number of likely N-dealkylation sites (tertiary alicyclic amines) is 1. The summed E-state index contributed by atoms with van der Waals surface area (Å²) in [6, 6.07) is 8.79. The fourth-order valence-electron chi connectivity index (χ4n) is 2.41. The van der Waals surface area contributed by atoms with Crippen LogP contribution in [0.15, 0.2) is 24.3 Å². The van der Waals surface area contributed by atoms with E-state index in [0.717, 1.165) is 38.4 Å². The molecule has 3 heteroatoms. The van der Waals surface area contributed by atoms with Crippen LogP contribution in [0.3, 0.4) is 0 Å². The van der Waals surface area contributed by atoms with Crippen LogP contribution in [0.5, 0.6) is 5.75 Å². The van der Waals surface area contributed by atoms with Gasteiger partial charge in [0.15, 0.2) is 0 Å². The molecule has 0 spiro atoms. The van der Waals surface area contributed by atoms with Gasteiger partial charge in [0.1, 0.15) is 12.4 Å². The van der Waals surface area contributed by atoms with Gasteiger partial charge in [0.05, 0.1) is 0 Å². The van der Waals surface area contributed by atoms with E-state index >= 15 is 0 Å². The highest BCUT2D eigenvalue weighted by molar-refractivity contribution is 5.31. The summed E-state index contributed by atoms with van der Waals surface area (Å²) in [4.78, 5) is 2.37. The predicted molar refractivity (Wildman–Crippen MR) is 79.7 cm³/mol. The Morgan fingerprint density at radius 2 is 1.95 bits per heavy atom. The Bertz CT molecular complexity index is 394. The summed E-state index contributed by atoms with van der Waals surface area (Å²) in [5.74, 6) is 0.955. The van der Waals surface area contributed by atoms with Crippen molar-refractivity contribution in [2.24, 2.45) is 5.73 Å². The standard InChI is InChI=1S/C16H26N2O/c1-16(2,3)13-4-6-15(7-5-13)19-11-10-18-9-8-14(17)12-18/h4-7,14H,8-12,17H2,1-3H3/t14-/m0/s1. The maximum atomic E-state index is 5.88. The van der Waals surface area contributed by atoms with Crippen LogP contribution in [0.4, 0.5) is 0 Å². The van der Waals surface area contributed by atoms with Crippen LogP contribution >= 0.6 is 0 Å².